The van der Waals surface area contributed by atoms with Crippen molar-refractivity contribution in [2.75, 3.05) is 33.3 Å². The molecule has 0 unspecified atom stereocenters. The molecular weight excluding hydrogens is 451 g/mol. The summed E-state index contributed by atoms with van der Waals surface area (Å²) in [5, 5.41) is 1.11. The highest BCUT2D eigenvalue weighted by Crippen LogP contribution is 2.24. The van der Waals surface area contributed by atoms with Crippen molar-refractivity contribution in [2.24, 2.45) is 0 Å². The Morgan fingerprint density at radius 3 is 2.50 bits per heavy atom. The summed E-state index contributed by atoms with van der Waals surface area (Å²) in [7, 11) is 1.61. The lowest BCUT2D eigenvalue weighted by Gasteiger charge is -2.34. The molecule has 1 amide bonds. The van der Waals surface area contributed by atoms with Crippen molar-refractivity contribution in [3.05, 3.63) is 81.7 Å². The molecule has 3 aromatic rings. The predicted octanol–water partition coefficient (Wildman–Crippen LogP) is 5.13. The number of ether oxygens (including phenoxy) is 2. The number of nitrogens with zero attached hydrogens (tertiary/aromatic N) is 2. The lowest BCUT2D eigenvalue weighted by atomic mass is 10.2. The van der Waals surface area contributed by atoms with E-state index in [1.165, 1.54) is 0 Å². The molecule has 2 aromatic carbocycles. The van der Waals surface area contributed by atoms with Crippen molar-refractivity contribution >= 4 is 29.1 Å². The molecule has 0 aliphatic carbocycles. The number of rotatable bonds is 7. The first-order valence-corrected chi connectivity index (χ1v) is 11.1. The third-order valence-corrected chi connectivity index (χ3v) is 6.08. The monoisotopic (exact) mass is 474 g/mol. The zero-order valence-corrected chi connectivity index (χ0v) is 19.2. The number of piperazine rings is 1. The molecule has 0 radical (unpaired) electrons. The van der Waals surface area contributed by atoms with Crippen molar-refractivity contribution in [3.8, 4) is 11.5 Å². The van der Waals surface area contributed by atoms with Crippen molar-refractivity contribution in [1.82, 2.24) is 9.80 Å². The van der Waals surface area contributed by atoms with Crippen LogP contribution in [0.4, 0.5) is 0 Å². The summed E-state index contributed by atoms with van der Waals surface area (Å²) in [6.45, 7) is 3.83. The van der Waals surface area contributed by atoms with E-state index >= 15 is 0 Å². The number of hydrogen-bond acceptors (Lipinski definition) is 5. The SMILES string of the molecule is COc1cccc(OCc2ccc(C(=O)N3CCN(Cc4ccc(Cl)c(Cl)c4)CC3)o2)c1. The van der Waals surface area contributed by atoms with E-state index < -0.39 is 0 Å². The molecule has 1 aliphatic rings. The van der Waals surface area contributed by atoms with Crippen LogP contribution in [0, 0.1) is 0 Å². The van der Waals surface area contributed by atoms with Gasteiger partial charge in [-0.1, -0.05) is 35.3 Å². The van der Waals surface area contributed by atoms with Crippen LogP contribution >= 0.6 is 23.2 Å². The number of carbonyl (C=O) groups is 1. The van der Waals surface area contributed by atoms with Gasteiger partial charge in [0.1, 0.15) is 23.9 Å². The van der Waals surface area contributed by atoms with Crippen LogP contribution in [0.2, 0.25) is 10.0 Å². The van der Waals surface area contributed by atoms with Crippen LogP contribution in [0.3, 0.4) is 0 Å². The minimum absolute atomic E-state index is 0.105. The number of methoxy groups -OCH3 is 1. The fourth-order valence-electron chi connectivity index (χ4n) is 3.58. The van der Waals surface area contributed by atoms with Gasteiger partial charge in [0.25, 0.3) is 5.91 Å². The van der Waals surface area contributed by atoms with E-state index in [9.17, 15) is 4.79 Å². The summed E-state index contributed by atoms with van der Waals surface area (Å²) in [4.78, 5) is 16.9. The van der Waals surface area contributed by atoms with Crippen LogP contribution in [0.15, 0.2) is 59.0 Å². The largest absolute Gasteiger partial charge is 0.497 e. The van der Waals surface area contributed by atoms with Crippen LogP contribution in [0.1, 0.15) is 21.9 Å². The zero-order valence-electron chi connectivity index (χ0n) is 17.7. The molecule has 168 valence electrons. The summed E-state index contributed by atoms with van der Waals surface area (Å²) in [5.74, 6) is 2.20. The van der Waals surface area contributed by atoms with E-state index in [1.807, 2.05) is 41.3 Å². The van der Waals surface area contributed by atoms with Crippen LogP contribution < -0.4 is 9.47 Å². The number of halogens is 2. The third kappa shape index (κ3) is 5.57. The van der Waals surface area contributed by atoms with E-state index in [4.69, 9.17) is 37.1 Å². The fraction of sp³-hybridized carbons (Fsp3) is 0.292. The highest BCUT2D eigenvalue weighted by molar-refractivity contribution is 6.42. The lowest BCUT2D eigenvalue weighted by molar-refractivity contribution is 0.0594. The molecule has 2 heterocycles. The Morgan fingerprint density at radius 2 is 1.75 bits per heavy atom. The molecule has 1 fully saturated rings. The number of carbonyl (C=O) groups excluding carboxylic acids is 1. The van der Waals surface area contributed by atoms with Crippen molar-refractivity contribution in [3.63, 3.8) is 0 Å². The molecular formula is C24H24Cl2N2O4. The van der Waals surface area contributed by atoms with Crippen molar-refractivity contribution in [1.29, 1.82) is 0 Å². The Balaban J connectivity index is 1.28. The maximum atomic E-state index is 12.8. The maximum absolute atomic E-state index is 12.8. The minimum atomic E-state index is -0.105. The number of benzene rings is 2. The standard InChI is InChI=1S/C24H24Cl2N2O4/c1-30-18-3-2-4-19(14-18)31-16-20-6-8-23(32-20)24(29)28-11-9-27(10-12-28)15-17-5-7-21(25)22(26)13-17/h2-8,13-14H,9-12,15-16H2,1H3. The van der Waals surface area contributed by atoms with E-state index in [0.717, 1.165) is 30.9 Å². The Kier molecular flexibility index (Phi) is 7.25. The van der Waals surface area contributed by atoms with E-state index in [1.54, 1.807) is 25.3 Å². The van der Waals surface area contributed by atoms with E-state index in [-0.39, 0.29) is 12.5 Å². The quantitative estimate of drug-likeness (QED) is 0.474. The average Bonchev–Trinajstić information content (AvgIpc) is 3.29. The van der Waals surface area contributed by atoms with Gasteiger partial charge in [0.15, 0.2) is 5.76 Å². The summed E-state index contributed by atoms with van der Waals surface area (Å²) < 4.78 is 16.7. The molecule has 1 aliphatic heterocycles. The minimum Gasteiger partial charge on any atom is -0.497 e. The van der Waals surface area contributed by atoms with Gasteiger partial charge >= 0.3 is 0 Å². The molecule has 1 saturated heterocycles. The summed E-state index contributed by atoms with van der Waals surface area (Å²) >= 11 is 12.1. The van der Waals surface area contributed by atoms with Crippen molar-refractivity contribution < 1.29 is 18.7 Å². The Hall–Kier alpha value is -2.67. The molecule has 4 rings (SSSR count). The second kappa shape index (κ2) is 10.3. The molecule has 0 spiro atoms. The Bertz CT molecular complexity index is 1080. The normalized spacial score (nSPS) is 14.4. The summed E-state index contributed by atoms with van der Waals surface area (Å²) in [5.41, 5.74) is 1.10. The Morgan fingerprint density at radius 1 is 0.969 bits per heavy atom. The number of furan rings is 1. The first-order chi connectivity index (χ1) is 15.5. The van der Waals surface area contributed by atoms with Crippen LogP contribution in [0.25, 0.3) is 0 Å². The van der Waals surface area contributed by atoms with Gasteiger partial charge in [-0.3, -0.25) is 9.69 Å². The molecule has 0 N–H and O–H groups in total. The topological polar surface area (TPSA) is 55.2 Å². The fourth-order valence-corrected chi connectivity index (χ4v) is 3.90. The smallest absolute Gasteiger partial charge is 0.289 e. The van der Waals surface area contributed by atoms with Gasteiger partial charge in [-0.25, -0.2) is 0 Å². The van der Waals surface area contributed by atoms with Crippen LogP contribution in [-0.2, 0) is 13.2 Å². The molecule has 0 atom stereocenters. The number of amides is 1. The maximum Gasteiger partial charge on any atom is 0.289 e. The number of hydrogen-bond donors (Lipinski definition) is 0. The third-order valence-electron chi connectivity index (χ3n) is 5.34. The van der Waals surface area contributed by atoms with Gasteiger partial charge in [0, 0.05) is 38.8 Å². The van der Waals surface area contributed by atoms with Crippen LogP contribution in [-0.4, -0.2) is 49.0 Å². The highest BCUT2D eigenvalue weighted by atomic mass is 35.5. The average molecular weight is 475 g/mol. The molecule has 0 bridgehead atoms. The molecule has 32 heavy (non-hydrogen) atoms. The zero-order chi connectivity index (χ0) is 22.5. The molecule has 6 nitrogen and oxygen atoms in total. The van der Waals surface area contributed by atoms with Gasteiger partial charge in [-0.15, -0.1) is 0 Å². The van der Waals surface area contributed by atoms with E-state index in [2.05, 4.69) is 4.90 Å². The van der Waals surface area contributed by atoms with Crippen molar-refractivity contribution in [2.45, 2.75) is 13.2 Å². The summed E-state index contributed by atoms with van der Waals surface area (Å²) in [6, 6.07) is 16.5. The van der Waals surface area contributed by atoms with E-state index in [0.29, 0.717) is 40.4 Å². The molecule has 8 heteroatoms. The second-order valence-electron chi connectivity index (χ2n) is 7.55. The summed E-state index contributed by atoms with van der Waals surface area (Å²) in [6.07, 6.45) is 0. The van der Waals surface area contributed by atoms with Gasteiger partial charge < -0.3 is 18.8 Å². The van der Waals surface area contributed by atoms with Gasteiger partial charge in [0.05, 0.1) is 17.2 Å². The van der Waals surface area contributed by atoms with Gasteiger partial charge in [-0.2, -0.15) is 0 Å². The van der Waals surface area contributed by atoms with Gasteiger partial charge in [0.2, 0.25) is 0 Å². The predicted molar refractivity (Wildman–Crippen MR) is 124 cm³/mol. The molecule has 0 saturated carbocycles. The Labute approximate surface area is 197 Å². The first kappa shape index (κ1) is 22.5. The first-order valence-electron chi connectivity index (χ1n) is 10.3. The highest BCUT2D eigenvalue weighted by Gasteiger charge is 2.24. The van der Waals surface area contributed by atoms with Crippen LogP contribution in [0.5, 0.6) is 11.5 Å². The second-order valence-corrected chi connectivity index (χ2v) is 8.36. The molecule has 1 aromatic heterocycles. The van der Waals surface area contributed by atoms with Gasteiger partial charge in [-0.05, 0) is 42.0 Å². The lowest BCUT2D eigenvalue weighted by Crippen LogP contribution is -2.48.